The smallest absolute Gasteiger partial charge is 0.334 e. The average molecular weight is 304 g/mol. The van der Waals surface area contributed by atoms with E-state index in [1.807, 2.05) is 0 Å². The summed E-state index contributed by atoms with van der Waals surface area (Å²) in [4.78, 5) is 13.6. The largest absolute Gasteiger partial charge is 0.401 e. The highest BCUT2D eigenvalue weighted by atomic mass is 19.4. The minimum atomic E-state index is -4.33. The number of nitrogens with one attached hydrogen (secondary N) is 1. The Morgan fingerprint density at radius 2 is 1.86 bits per heavy atom. The molecule has 7 heteroatoms. The number of halogens is 4. The second-order valence-electron chi connectivity index (χ2n) is 5.10. The van der Waals surface area contributed by atoms with E-state index in [4.69, 9.17) is 0 Å². The molecule has 1 aliphatic carbocycles. The summed E-state index contributed by atoms with van der Waals surface area (Å²) in [5.41, 5.74) is 0.757. The number of hydrogen-bond acceptors (Lipinski definition) is 2. The van der Waals surface area contributed by atoms with Crippen LogP contribution in [0.25, 0.3) is 0 Å². The van der Waals surface area contributed by atoms with Crippen molar-refractivity contribution >= 4 is 5.91 Å². The molecule has 0 bridgehead atoms. The summed E-state index contributed by atoms with van der Waals surface area (Å²) in [6.07, 6.45) is -2.62. The quantitative estimate of drug-likeness (QED) is 0.819. The molecule has 1 N–H and O–H groups in total. The second-order valence-corrected chi connectivity index (χ2v) is 5.10. The number of carbonyl (C=O) groups excluding carboxylic acids is 1. The molecule has 1 fully saturated rings. The standard InChI is InChI=1S/C14H16F4N2O/c15-11-3-1-10(2-4-11)8-20(12-5-6-12)13(21)7-19-9-14(16,17)18/h1-4,12,19H,5-9H2. The summed E-state index contributed by atoms with van der Waals surface area (Å²) in [5.74, 6) is -0.735. The molecule has 1 aromatic carbocycles. The fourth-order valence-corrected chi connectivity index (χ4v) is 2.01. The van der Waals surface area contributed by atoms with Crippen LogP contribution in [0.4, 0.5) is 17.6 Å². The van der Waals surface area contributed by atoms with E-state index >= 15 is 0 Å². The molecular formula is C14H16F4N2O. The summed E-state index contributed by atoms with van der Waals surface area (Å²) in [6.45, 7) is -1.25. The first kappa shape index (κ1) is 15.8. The van der Waals surface area contributed by atoms with Gasteiger partial charge in [0.25, 0.3) is 0 Å². The van der Waals surface area contributed by atoms with E-state index in [0.29, 0.717) is 0 Å². The Balaban J connectivity index is 1.89. The van der Waals surface area contributed by atoms with Gasteiger partial charge in [0, 0.05) is 12.6 Å². The van der Waals surface area contributed by atoms with Crippen LogP contribution in [0.5, 0.6) is 0 Å². The van der Waals surface area contributed by atoms with E-state index in [9.17, 15) is 22.4 Å². The van der Waals surface area contributed by atoms with Crippen LogP contribution in [0.2, 0.25) is 0 Å². The maximum Gasteiger partial charge on any atom is 0.401 e. The number of rotatable bonds is 6. The van der Waals surface area contributed by atoms with Crippen molar-refractivity contribution in [3.8, 4) is 0 Å². The molecule has 0 aromatic heterocycles. The van der Waals surface area contributed by atoms with Gasteiger partial charge in [-0.15, -0.1) is 0 Å². The number of benzene rings is 1. The third-order valence-corrected chi connectivity index (χ3v) is 3.18. The molecule has 0 unspecified atom stereocenters. The molecule has 0 radical (unpaired) electrons. The number of alkyl halides is 3. The zero-order chi connectivity index (χ0) is 15.5. The first-order valence-corrected chi connectivity index (χ1v) is 6.66. The van der Waals surface area contributed by atoms with Crippen molar-refractivity contribution in [2.45, 2.75) is 31.6 Å². The second kappa shape index (κ2) is 6.43. The first-order valence-electron chi connectivity index (χ1n) is 6.66. The van der Waals surface area contributed by atoms with Gasteiger partial charge in [-0.05, 0) is 30.5 Å². The van der Waals surface area contributed by atoms with E-state index in [1.54, 1.807) is 17.0 Å². The molecule has 0 atom stereocenters. The molecule has 0 spiro atoms. The first-order chi connectivity index (χ1) is 9.85. The lowest BCUT2D eigenvalue weighted by atomic mass is 10.2. The topological polar surface area (TPSA) is 32.3 Å². The van der Waals surface area contributed by atoms with Crippen molar-refractivity contribution in [1.82, 2.24) is 10.2 Å². The van der Waals surface area contributed by atoms with Gasteiger partial charge in [-0.3, -0.25) is 4.79 Å². The number of amides is 1. The number of carbonyl (C=O) groups is 1. The van der Waals surface area contributed by atoms with Crippen molar-refractivity contribution in [1.29, 1.82) is 0 Å². The molecule has 21 heavy (non-hydrogen) atoms. The van der Waals surface area contributed by atoms with E-state index < -0.39 is 12.7 Å². The van der Waals surface area contributed by atoms with E-state index in [-0.39, 0.29) is 30.9 Å². The third-order valence-electron chi connectivity index (χ3n) is 3.18. The zero-order valence-corrected chi connectivity index (χ0v) is 11.3. The molecular weight excluding hydrogens is 288 g/mol. The van der Waals surface area contributed by atoms with Gasteiger partial charge < -0.3 is 10.2 Å². The summed E-state index contributed by atoms with van der Waals surface area (Å²) in [5, 5.41) is 2.11. The van der Waals surface area contributed by atoms with E-state index in [0.717, 1.165) is 18.4 Å². The van der Waals surface area contributed by atoms with Crippen LogP contribution in [0.15, 0.2) is 24.3 Å². The molecule has 1 aromatic rings. The van der Waals surface area contributed by atoms with Gasteiger partial charge in [-0.25, -0.2) is 4.39 Å². The van der Waals surface area contributed by atoms with Crippen molar-refractivity contribution in [3.63, 3.8) is 0 Å². The van der Waals surface area contributed by atoms with Crippen LogP contribution in [0.1, 0.15) is 18.4 Å². The summed E-state index contributed by atoms with van der Waals surface area (Å²) < 4.78 is 49.0. The Bertz CT molecular complexity index is 483. The molecule has 116 valence electrons. The van der Waals surface area contributed by atoms with Gasteiger partial charge in [0.1, 0.15) is 5.82 Å². The number of hydrogen-bond donors (Lipinski definition) is 1. The Labute approximate surface area is 119 Å². The molecule has 1 saturated carbocycles. The van der Waals surface area contributed by atoms with Crippen molar-refractivity contribution < 1.29 is 22.4 Å². The van der Waals surface area contributed by atoms with Crippen LogP contribution in [0.3, 0.4) is 0 Å². The molecule has 3 nitrogen and oxygen atoms in total. The molecule has 0 heterocycles. The van der Waals surface area contributed by atoms with Gasteiger partial charge >= 0.3 is 6.18 Å². The maximum atomic E-state index is 12.8. The minimum Gasteiger partial charge on any atom is -0.334 e. The molecule has 2 rings (SSSR count). The summed E-state index contributed by atoms with van der Waals surface area (Å²) in [7, 11) is 0. The lowest BCUT2D eigenvalue weighted by Crippen LogP contribution is -2.41. The van der Waals surface area contributed by atoms with Gasteiger partial charge in [0.2, 0.25) is 5.91 Å². The average Bonchev–Trinajstić information content (AvgIpc) is 3.20. The summed E-state index contributed by atoms with van der Waals surface area (Å²) in [6, 6.07) is 5.82. The van der Waals surface area contributed by atoms with Gasteiger partial charge in [-0.1, -0.05) is 12.1 Å². The van der Waals surface area contributed by atoms with Crippen LogP contribution in [-0.2, 0) is 11.3 Å². The van der Waals surface area contributed by atoms with E-state index in [2.05, 4.69) is 5.32 Å². The Morgan fingerprint density at radius 3 is 2.38 bits per heavy atom. The van der Waals surface area contributed by atoms with Crippen LogP contribution in [0, 0.1) is 5.82 Å². The molecule has 1 aliphatic rings. The van der Waals surface area contributed by atoms with Crippen LogP contribution >= 0.6 is 0 Å². The monoisotopic (exact) mass is 304 g/mol. The molecule has 0 aliphatic heterocycles. The Hall–Kier alpha value is -1.63. The lowest BCUT2D eigenvalue weighted by Gasteiger charge is -2.23. The predicted octanol–water partition coefficient (Wildman–Crippen LogP) is 2.47. The Kier molecular flexibility index (Phi) is 4.82. The van der Waals surface area contributed by atoms with Crippen LogP contribution < -0.4 is 5.32 Å². The predicted molar refractivity (Wildman–Crippen MR) is 68.9 cm³/mol. The van der Waals surface area contributed by atoms with Gasteiger partial charge in [-0.2, -0.15) is 13.2 Å². The van der Waals surface area contributed by atoms with Crippen molar-refractivity contribution in [3.05, 3.63) is 35.6 Å². The van der Waals surface area contributed by atoms with Gasteiger partial charge in [0.05, 0.1) is 13.1 Å². The lowest BCUT2D eigenvalue weighted by molar-refractivity contribution is -0.135. The SMILES string of the molecule is O=C(CNCC(F)(F)F)N(Cc1ccc(F)cc1)C1CC1. The zero-order valence-electron chi connectivity index (χ0n) is 11.3. The number of nitrogens with zero attached hydrogens (tertiary/aromatic N) is 1. The van der Waals surface area contributed by atoms with Crippen molar-refractivity contribution in [2.75, 3.05) is 13.1 Å². The normalized spacial score (nSPS) is 15.0. The third kappa shape index (κ3) is 5.34. The molecule has 1 amide bonds. The van der Waals surface area contributed by atoms with Crippen molar-refractivity contribution in [2.24, 2.45) is 0 Å². The molecule has 0 saturated heterocycles. The van der Waals surface area contributed by atoms with E-state index in [1.165, 1.54) is 12.1 Å². The summed E-state index contributed by atoms with van der Waals surface area (Å²) >= 11 is 0. The van der Waals surface area contributed by atoms with Gasteiger partial charge in [0.15, 0.2) is 0 Å². The highest BCUT2D eigenvalue weighted by Gasteiger charge is 2.33. The highest BCUT2D eigenvalue weighted by Crippen LogP contribution is 2.28. The Morgan fingerprint density at radius 1 is 1.24 bits per heavy atom. The fraction of sp³-hybridized carbons (Fsp3) is 0.500. The minimum absolute atomic E-state index is 0.0789. The fourth-order valence-electron chi connectivity index (χ4n) is 2.01. The highest BCUT2D eigenvalue weighted by molar-refractivity contribution is 5.79. The van der Waals surface area contributed by atoms with Crippen LogP contribution in [-0.4, -0.2) is 36.1 Å². The maximum absolute atomic E-state index is 12.8.